The number of rotatable bonds is 4. The Morgan fingerprint density at radius 2 is 2.17 bits per heavy atom. The molecule has 5 nitrogen and oxygen atoms in total. The minimum atomic E-state index is -0.460. The van der Waals surface area contributed by atoms with Gasteiger partial charge in [-0.3, -0.25) is 4.79 Å². The molecule has 0 aliphatic carbocycles. The fraction of sp³-hybridized carbons (Fsp3) is 0.923. The average molecular weight is 258 g/mol. The van der Waals surface area contributed by atoms with E-state index in [1.54, 1.807) is 4.90 Å². The molecule has 1 heterocycles. The molecule has 0 bridgehead atoms. The lowest BCUT2D eigenvalue weighted by atomic mass is 10.0. The van der Waals surface area contributed by atoms with Crippen molar-refractivity contribution in [3.8, 4) is 0 Å². The summed E-state index contributed by atoms with van der Waals surface area (Å²) in [5.74, 6) is 0.352. The van der Waals surface area contributed by atoms with Crippen LogP contribution < -0.4 is 5.73 Å². The van der Waals surface area contributed by atoms with Crippen LogP contribution in [-0.4, -0.2) is 53.4 Å². The third-order valence-corrected chi connectivity index (χ3v) is 3.04. The molecule has 106 valence electrons. The van der Waals surface area contributed by atoms with E-state index in [4.69, 9.17) is 10.5 Å². The minimum absolute atomic E-state index is 0.0430. The first-order valence-corrected chi connectivity index (χ1v) is 6.58. The summed E-state index contributed by atoms with van der Waals surface area (Å²) in [5.41, 5.74) is 5.50. The molecule has 1 fully saturated rings. The number of ether oxygens (including phenoxy) is 1. The van der Waals surface area contributed by atoms with Crippen molar-refractivity contribution in [2.45, 2.75) is 51.9 Å². The molecule has 1 saturated heterocycles. The number of amides is 1. The Morgan fingerprint density at radius 3 is 2.67 bits per heavy atom. The number of hydrogen-bond acceptors (Lipinski definition) is 4. The summed E-state index contributed by atoms with van der Waals surface area (Å²) in [5, 5.41) is 9.21. The largest absolute Gasteiger partial charge is 0.394 e. The van der Waals surface area contributed by atoms with Crippen molar-refractivity contribution in [1.29, 1.82) is 0 Å². The maximum absolute atomic E-state index is 12.2. The Labute approximate surface area is 109 Å². The molecule has 2 atom stereocenters. The maximum atomic E-state index is 12.2. The first-order chi connectivity index (χ1) is 8.25. The molecule has 0 saturated carbocycles. The number of aliphatic hydroxyl groups excluding tert-OH is 1. The van der Waals surface area contributed by atoms with Crippen LogP contribution in [0.1, 0.15) is 34.1 Å². The van der Waals surface area contributed by atoms with E-state index in [9.17, 15) is 9.90 Å². The zero-order valence-corrected chi connectivity index (χ0v) is 11.8. The number of hydrogen-bond donors (Lipinski definition) is 2. The number of carbonyl (C=O) groups is 1. The standard InChI is InChI=1S/C13H26N2O3/c1-9(2)5-11(14)12(17)15-6-10(7-16)18-13(3,4)8-15/h9-11,16H,5-8,14H2,1-4H3/t10?,11-/m0/s1. The van der Waals surface area contributed by atoms with Crippen LogP contribution in [0.4, 0.5) is 0 Å². The second-order valence-electron chi connectivity index (χ2n) is 6.14. The predicted octanol–water partition coefficient (Wildman–Crippen LogP) is 0.358. The van der Waals surface area contributed by atoms with Gasteiger partial charge in [0.1, 0.15) is 0 Å². The second kappa shape index (κ2) is 5.99. The van der Waals surface area contributed by atoms with Gasteiger partial charge in [0.2, 0.25) is 5.91 Å². The molecule has 1 amide bonds. The van der Waals surface area contributed by atoms with E-state index >= 15 is 0 Å². The molecule has 0 aromatic rings. The topological polar surface area (TPSA) is 75.8 Å². The van der Waals surface area contributed by atoms with Crippen molar-refractivity contribution in [3.05, 3.63) is 0 Å². The van der Waals surface area contributed by atoms with Gasteiger partial charge in [0, 0.05) is 13.1 Å². The van der Waals surface area contributed by atoms with E-state index in [1.165, 1.54) is 0 Å². The van der Waals surface area contributed by atoms with Crippen LogP contribution in [0.5, 0.6) is 0 Å². The van der Waals surface area contributed by atoms with Crippen LogP contribution >= 0.6 is 0 Å². The van der Waals surface area contributed by atoms with E-state index in [0.717, 1.165) is 0 Å². The number of nitrogens with two attached hydrogens (primary N) is 1. The first kappa shape index (κ1) is 15.4. The highest BCUT2D eigenvalue weighted by molar-refractivity contribution is 5.81. The van der Waals surface area contributed by atoms with Gasteiger partial charge in [-0.1, -0.05) is 13.8 Å². The molecule has 3 N–H and O–H groups in total. The number of nitrogens with zero attached hydrogens (tertiary/aromatic N) is 1. The highest BCUT2D eigenvalue weighted by atomic mass is 16.5. The van der Waals surface area contributed by atoms with Crippen molar-refractivity contribution in [3.63, 3.8) is 0 Å². The van der Waals surface area contributed by atoms with E-state index in [-0.39, 0.29) is 18.6 Å². The van der Waals surface area contributed by atoms with Crippen LogP contribution in [0, 0.1) is 5.92 Å². The van der Waals surface area contributed by atoms with Gasteiger partial charge in [0.05, 0.1) is 24.4 Å². The summed E-state index contributed by atoms with van der Waals surface area (Å²) in [6.07, 6.45) is 0.365. The zero-order valence-electron chi connectivity index (χ0n) is 11.8. The summed E-state index contributed by atoms with van der Waals surface area (Å²) in [7, 11) is 0. The molecule has 1 unspecified atom stereocenters. The molecule has 0 aromatic heterocycles. The summed E-state index contributed by atoms with van der Waals surface area (Å²) >= 11 is 0. The van der Waals surface area contributed by atoms with Gasteiger partial charge in [-0.25, -0.2) is 0 Å². The minimum Gasteiger partial charge on any atom is -0.394 e. The van der Waals surface area contributed by atoms with Gasteiger partial charge < -0.3 is 20.5 Å². The number of aliphatic hydroxyl groups is 1. The Kier molecular flexibility index (Phi) is 5.13. The molecule has 5 heteroatoms. The third kappa shape index (κ3) is 4.23. The van der Waals surface area contributed by atoms with E-state index in [1.807, 2.05) is 27.7 Å². The molecule has 1 aliphatic rings. The lowest BCUT2D eigenvalue weighted by molar-refractivity contribution is -0.168. The number of carbonyl (C=O) groups excluding carboxylic acids is 1. The molecule has 0 radical (unpaired) electrons. The summed E-state index contributed by atoms with van der Waals surface area (Å²) in [6, 6.07) is -0.460. The van der Waals surface area contributed by atoms with Gasteiger partial charge in [-0.2, -0.15) is 0 Å². The van der Waals surface area contributed by atoms with Gasteiger partial charge >= 0.3 is 0 Å². The van der Waals surface area contributed by atoms with Crippen molar-refractivity contribution >= 4 is 5.91 Å². The fourth-order valence-electron chi connectivity index (χ4n) is 2.40. The number of morpholine rings is 1. The van der Waals surface area contributed by atoms with Crippen LogP contribution in [-0.2, 0) is 9.53 Å². The highest BCUT2D eigenvalue weighted by Crippen LogP contribution is 2.21. The average Bonchev–Trinajstić information content (AvgIpc) is 2.24. The van der Waals surface area contributed by atoms with Crippen molar-refractivity contribution < 1.29 is 14.6 Å². The van der Waals surface area contributed by atoms with E-state index in [0.29, 0.717) is 25.4 Å². The molecule has 1 aliphatic heterocycles. The monoisotopic (exact) mass is 258 g/mol. The third-order valence-electron chi connectivity index (χ3n) is 3.04. The van der Waals surface area contributed by atoms with Crippen LogP contribution in [0.15, 0.2) is 0 Å². The highest BCUT2D eigenvalue weighted by Gasteiger charge is 2.36. The predicted molar refractivity (Wildman–Crippen MR) is 70.0 cm³/mol. The molecule has 18 heavy (non-hydrogen) atoms. The Balaban J connectivity index is 2.66. The smallest absolute Gasteiger partial charge is 0.239 e. The lowest BCUT2D eigenvalue weighted by Gasteiger charge is -2.43. The van der Waals surface area contributed by atoms with Crippen LogP contribution in [0.3, 0.4) is 0 Å². The van der Waals surface area contributed by atoms with E-state index < -0.39 is 11.6 Å². The fourth-order valence-corrected chi connectivity index (χ4v) is 2.40. The first-order valence-electron chi connectivity index (χ1n) is 6.58. The Morgan fingerprint density at radius 1 is 1.56 bits per heavy atom. The molecular formula is C13H26N2O3. The Bertz CT molecular complexity index is 292. The van der Waals surface area contributed by atoms with Crippen molar-refractivity contribution in [2.75, 3.05) is 19.7 Å². The van der Waals surface area contributed by atoms with Gasteiger partial charge in [0.15, 0.2) is 0 Å². The van der Waals surface area contributed by atoms with Gasteiger partial charge in [0.25, 0.3) is 0 Å². The van der Waals surface area contributed by atoms with Crippen molar-refractivity contribution in [1.82, 2.24) is 4.90 Å². The lowest BCUT2D eigenvalue weighted by Crippen LogP contribution is -2.58. The van der Waals surface area contributed by atoms with Crippen LogP contribution in [0.2, 0.25) is 0 Å². The summed E-state index contributed by atoms with van der Waals surface area (Å²) < 4.78 is 5.68. The molecule has 1 rings (SSSR count). The zero-order chi connectivity index (χ0) is 13.9. The van der Waals surface area contributed by atoms with Crippen molar-refractivity contribution in [2.24, 2.45) is 11.7 Å². The van der Waals surface area contributed by atoms with Crippen LogP contribution in [0.25, 0.3) is 0 Å². The molecule has 0 aromatic carbocycles. The van der Waals surface area contributed by atoms with Gasteiger partial charge in [-0.05, 0) is 26.2 Å². The maximum Gasteiger partial charge on any atom is 0.239 e. The second-order valence-corrected chi connectivity index (χ2v) is 6.14. The normalized spacial score (nSPS) is 25.3. The van der Waals surface area contributed by atoms with Gasteiger partial charge in [-0.15, -0.1) is 0 Å². The summed E-state index contributed by atoms with van der Waals surface area (Å²) in [6.45, 7) is 8.80. The van der Waals surface area contributed by atoms with E-state index in [2.05, 4.69) is 0 Å². The molecule has 0 spiro atoms. The quantitative estimate of drug-likeness (QED) is 0.763. The Hall–Kier alpha value is -0.650. The summed E-state index contributed by atoms with van der Waals surface area (Å²) in [4.78, 5) is 14.0. The SMILES string of the molecule is CC(C)C[C@H](N)C(=O)N1CC(CO)OC(C)(C)C1. The molecular weight excluding hydrogens is 232 g/mol.